The smallest absolute Gasteiger partial charge is 0.160 e. The van der Waals surface area contributed by atoms with Crippen LogP contribution in [-0.2, 0) is 17.6 Å². The van der Waals surface area contributed by atoms with Crippen molar-refractivity contribution in [3.8, 4) is 0 Å². The van der Waals surface area contributed by atoms with Gasteiger partial charge in [0.05, 0.1) is 6.26 Å². The van der Waals surface area contributed by atoms with Gasteiger partial charge in [-0.1, -0.05) is 13.0 Å². The molecule has 0 bridgehead atoms. The second kappa shape index (κ2) is 3.59. The van der Waals surface area contributed by atoms with E-state index in [0.717, 1.165) is 23.1 Å². The molecule has 1 aliphatic carbocycles. The fraction of sp³-hybridized carbons (Fsp3) is 0.267. The Balaban J connectivity index is 2.45. The predicted octanol–water partition coefficient (Wildman–Crippen LogP) is 3.44. The molecule has 2 heteroatoms. The molecule has 1 aliphatic rings. The van der Waals surface area contributed by atoms with Crippen LogP contribution < -0.4 is 0 Å². The number of hydrogen-bond donors (Lipinski definition) is 0. The number of carbonyl (C=O) groups is 1. The molecule has 0 fully saturated rings. The lowest BCUT2D eigenvalue weighted by Gasteiger charge is -2.17. The summed E-state index contributed by atoms with van der Waals surface area (Å²) in [6.07, 6.45) is 6.83. The molecule has 0 spiro atoms. The highest BCUT2D eigenvalue weighted by Crippen LogP contribution is 2.34. The van der Waals surface area contributed by atoms with E-state index in [0.29, 0.717) is 6.42 Å². The van der Waals surface area contributed by atoms with E-state index in [1.165, 1.54) is 16.5 Å². The van der Waals surface area contributed by atoms with Gasteiger partial charge in [0.25, 0.3) is 0 Å². The van der Waals surface area contributed by atoms with Crippen molar-refractivity contribution in [1.82, 2.24) is 0 Å². The van der Waals surface area contributed by atoms with Crippen LogP contribution in [-0.4, -0.2) is 5.78 Å². The van der Waals surface area contributed by atoms with Gasteiger partial charge in [-0.3, -0.25) is 4.79 Å². The summed E-state index contributed by atoms with van der Waals surface area (Å²) in [5.41, 5.74) is 5.69. The standard InChI is InChI=1S/C15H14O2/c1-3-11-12-5-4-10(16)8-14(12)9(2)15-13(11)6-7-17-15/h4-7H,3,8H2,1-2H3. The van der Waals surface area contributed by atoms with E-state index in [4.69, 9.17) is 4.42 Å². The van der Waals surface area contributed by atoms with Crippen LogP contribution in [0.15, 0.2) is 22.8 Å². The van der Waals surface area contributed by atoms with Gasteiger partial charge >= 0.3 is 0 Å². The average Bonchev–Trinajstić information content (AvgIpc) is 2.80. The van der Waals surface area contributed by atoms with Crippen LogP contribution in [0.3, 0.4) is 0 Å². The fourth-order valence-electron chi connectivity index (χ4n) is 2.72. The van der Waals surface area contributed by atoms with Crippen LogP contribution in [0.25, 0.3) is 17.0 Å². The van der Waals surface area contributed by atoms with Gasteiger partial charge < -0.3 is 4.42 Å². The highest BCUT2D eigenvalue weighted by Gasteiger charge is 2.20. The minimum absolute atomic E-state index is 0.175. The third-order valence-electron chi connectivity index (χ3n) is 3.57. The van der Waals surface area contributed by atoms with Gasteiger partial charge in [0.1, 0.15) is 5.58 Å². The van der Waals surface area contributed by atoms with Gasteiger partial charge in [-0.05, 0) is 47.7 Å². The van der Waals surface area contributed by atoms with Gasteiger partial charge in [-0.15, -0.1) is 0 Å². The number of benzene rings is 1. The summed E-state index contributed by atoms with van der Waals surface area (Å²) in [7, 11) is 0. The summed E-state index contributed by atoms with van der Waals surface area (Å²) in [5.74, 6) is 0.175. The van der Waals surface area contributed by atoms with Crippen molar-refractivity contribution in [2.24, 2.45) is 0 Å². The van der Waals surface area contributed by atoms with Gasteiger partial charge in [0.15, 0.2) is 5.78 Å². The molecular weight excluding hydrogens is 212 g/mol. The molecule has 1 aromatic carbocycles. The maximum Gasteiger partial charge on any atom is 0.160 e. The number of carbonyl (C=O) groups excluding carboxylic acids is 1. The van der Waals surface area contributed by atoms with Crippen molar-refractivity contribution >= 4 is 22.8 Å². The summed E-state index contributed by atoms with van der Waals surface area (Å²) in [6, 6.07) is 2.02. The van der Waals surface area contributed by atoms with Crippen LogP contribution in [0.5, 0.6) is 0 Å². The minimum atomic E-state index is 0.175. The van der Waals surface area contributed by atoms with E-state index in [-0.39, 0.29) is 5.78 Å². The predicted molar refractivity (Wildman–Crippen MR) is 68.1 cm³/mol. The van der Waals surface area contributed by atoms with Crippen molar-refractivity contribution < 1.29 is 9.21 Å². The number of aryl methyl sites for hydroxylation is 2. The highest BCUT2D eigenvalue weighted by molar-refractivity contribution is 6.02. The Labute approximate surface area is 99.9 Å². The Bertz CT molecular complexity index is 644. The van der Waals surface area contributed by atoms with Crippen molar-refractivity contribution in [3.63, 3.8) is 0 Å². The number of fused-ring (bicyclic) bond motifs is 2. The summed E-state index contributed by atoms with van der Waals surface area (Å²) < 4.78 is 5.56. The molecular formula is C15H14O2. The molecule has 3 rings (SSSR count). The number of allylic oxidation sites excluding steroid dienone is 1. The SMILES string of the molecule is CCc1c2c(c(C)c3occc13)CC(=O)C=C2. The lowest BCUT2D eigenvalue weighted by Crippen LogP contribution is -2.09. The first kappa shape index (κ1) is 10.3. The Morgan fingerprint density at radius 2 is 2.18 bits per heavy atom. The average molecular weight is 226 g/mol. The topological polar surface area (TPSA) is 30.2 Å². The Morgan fingerprint density at radius 1 is 1.35 bits per heavy atom. The van der Waals surface area contributed by atoms with Gasteiger partial charge in [-0.2, -0.15) is 0 Å². The van der Waals surface area contributed by atoms with Gasteiger partial charge in [0, 0.05) is 11.8 Å². The van der Waals surface area contributed by atoms with E-state index in [1.807, 2.05) is 19.1 Å². The number of furan rings is 1. The van der Waals surface area contributed by atoms with Crippen molar-refractivity contribution in [1.29, 1.82) is 0 Å². The second-order valence-electron chi connectivity index (χ2n) is 4.49. The molecule has 1 aromatic heterocycles. The zero-order valence-electron chi connectivity index (χ0n) is 10.0. The monoisotopic (exact) mass is 226 g/mol. The molecule has 17 heavy (non-hydrogen) atoms. The lowest BCUT2D eigenvalue weighted by molar-refractivity contribution is -0.114. The van der Waals surface area contributed by atoms with Crippen LogP contribution in [0.4, 0.5) is 0 Å². The third-order valence-corrected chi connectivity index (χ3v) is 3.57. The molecule has 0 unspecified atom stereocenters. The molecule has 0 saturated heterocycles. The van der Waals surface area contributed by atoms with Gasteiger partial charge in [-0.25, -0.2) is 0 Å². The lowest BCUT2D eigenvalue weighted by atomic mass is 9.86. The molecule has 0 atom stereocenters. The zero-order chi connectivity index (χ0) is 12.0. The summed E-state index contributed by atoms with van der Waals surface area (Å²) in [5, 5.41) is 1.18. The third kappa shape index (κ3) is 1.37. The second-order valence-corrected chi connectivity index (χ2v) is 4.49. The van der Waals surface area contributed by atoms with Crippen LogP contribution >= 0.6 is 0 Å². The molecule has 86 valence electrons. The highest BCUT2D eigenvalue weighted by atomic mass is 16.3. The van der Waals surface area contributed by atoms with Crippen LogP contribution in [0, 0.1) is 6.92 Å². The first-order valence-corrected chi connectivity index (χ1v) is 5.94. The first-order valence-electron chi connectivity index (χ1n) is 5.94. The summed E-state index contributed by atoms with van der Waals surface area (Å²) in [6.45, 7) is 4.18. The molecule has 0 radical (unpaired) electrons. The van der Waals surface area contributed by atoms with Crippen molar-refractivity contribution in [3.05, 3.63) is 40.7 Å². The summed E-state index contributed by atoms with van der Waals surface area (Å²) in [4.78, 5) is 11.5. The maximum atomic E-state index is 11.5. The molecule has 2 aromatic rings. The minimum Gasteiger partial charge on any atom is -0.464 e. The Kier molecular flexibility index (Phi) is 2.18. The van der Waals surface area contributed by atoms with E-state index in [2.05, 4.69) is 6.92 Å². The Hall–Kier alpha value is -1.83. The molecule has 0 N–H and O–H groups in total. The largest absolute Gasteiger partial charge is 0.464 e. The maximum absolute atomic E-state index is 11.5. The first-order chi connectivity index (χ1) is 8.22. The van der Waals surface area contributed by atoms with E-state index < -0.39 is 0 Å². The summed E-state index contributed by atoms with van der Waals surface area (Å²) >= 11 is 0. The van der Waals surface area contributed by atoms with Crippen LogP contribution in [0.1, 0.15) is 29.2 Å². The molecule has 2 nitrogen and oxygen atoms in total. The fourth-order valence-corrected chi connectivity index (χ4v) is 2.72. The van der Waals surface area contributed by atoms with Crippen molar-refractivity contribution in [2.75, 3.05) is 0 Å². The molecule has 0 aliphatic heterocycles. The molecule has 0 amide bonds. The molecule has 1 heterocycles. The zero-order valence-corrected chi connectivity index (χ0v) is 10.0. The molecule has 0 saturated carbocycles. The van der Waals surface area contributed by atoms with Gasteiger partial charge in [0.2, 0.25) is 0 Å². The number of hydrogen-bond acceptors (Lipinski definition) is 2. The quantitative estimate of drug-likeness (QED) is 0.745. The number of ketones is 1. The van der Waals surface area contributed by atoms with Crippen LogP contribution in [0.2, 0.25) is 0 Å². The van der Waals surface area contributed by atoms with E-state index in [1.54, 1.807) is 12.3 Å². The Morgan fingerprint density at radius 3 is 2.94 bits per heavy atom. The van der Waals surface area contributed by atoms with E-state index in [9.17, 15) is 4.79 Å². The number of rotatable bonds is 1. The normalized spacial score (nSPS) is 14.4. The van der Waals surface area contributed by atoms with E-state index >= 15 is 0 Å². The van der Waals surface area contributed by atoms with Crippen molar-refractivity contribution in [2.45, 2.75) is 26.7 Å².